The first-order chi connectivity index (χ1) is 11.1. The Balaban J connectivity index is 1.61. The summed E-state index contributed by atoms with van der Waals surface area (Å²) in [6, 6.07) is 12.4. The number of rotatable bonds is 4. The molecule has 6 nitrogen and oxygen atoms in total. The molecule has 0 radical (unpaired) electrons. The highest BCUT2D eigenvalue weighted by Crippen LogP contribution is 2.19. The molecule has 0 spiro atoms. The summed E-state index contributed by atoms with van der Waals surface area (Å²) in [5, 5.41) is 13.3. The molecule has 2 aromatic carbocycles. The molecule has 0 bridgehead atoms. The summed E-state index contributed by atoms with van der Waals surface area (Å²) in [7, 11) is 0. The Bertz CT molecular complexity index is 857. The lowest BCUT2D eigenvalue weighted by atomic mass is 10.2. The van der Waals surface area contributed by atoms with Crippen LogP contribution in [0.3, 0.4) is 0 Å². The lowest BCUT2D eigenvalue weighted by molar-refractivity contribution is -0.122. The average Bonchev–Trinajstić information content (AvgIpc) is 2.91. The molecule has 0 aliphatic carbocycles. The summed E-state index contributed by atoms with van der Waals surface area (Å²) in [5.74, 6) is -0.341. The van der Waals surface area contributed by atoms with Crippen molar-refractivity contribution in [2.75, 3.05) is 0 Å². The minimum atomic E-state index is -0.341. The van der Waals surface area contributed by atoms with Crippen LogP contribution in [0.15, 0.2) is 47.6 Å². The molecule has 1 heterocycles. The summed E-state index contributed by atoms with van der Waals surface area (Å²) in [4.78, 5) is 13.2. The van der Waals surface area contributed by atoms with Crippen LogP contribution in [0.5, 0.6) is 0 Å². The van der Waals surface area contributed by atoms with Gasteiger partial charge in [-0.3, -0.25) is 4.79 Å². The van der Waals surface area contributed by atoms with Gasteiger partial charge in [0.05, 0.1) is 11.2 Å². The minimum Gasteiger partial charge on any atom is -0.271 e. The van der Waals surface area contributed by atoms with Gasteiger partial charge >= 0.3 is 0 Å². The highest BCUT2D eigenvalue weighted by Gasteiger charge is 2.06. The van der Waals surface area contributed by atoms with Gasteiger partial charge in [0.2, 0.25) is 0 Å². The molecule has 1 N–H and O–H groups in total. The number of hydrogen-bond donors (Lipinski definition) is 1. The first-order valence-corrected chi connectivity index (χ1v) is 7.44. The molecule has 1 aromatic heterocycles. The summed E-state index contributed by atoms with van der Waals surface area (Å²) in [6.45, 7) is -0.0274. The molecule has 3 rings (SSSR count). The fraction of sp³-hybridized carbons (Fsp3) is 0.0667. The molecule has 0 saturated heterocycles. The third kappa shape index (κ3) is 3.85. The van der Waals surface area contributed by atoms with Crippen LogP contribution >= 0.6 is 23.2 Å². The molecule has 116 valence electrons. The maximum absolute atomic E-state index is 11.8. The number of carbonyl (C=O) groups excluding carboxylic acids is 1. The van der Waals surface area contributed by atoms with Gasteiger partial charge in [-0.15, -0.1) is 0 Å². The van der Waals surface area contributed by atoms with Gasteiger partial charge in [0.25, 0.3) is 5.91 Å². The van der Waals surface area contributed by atoms with Crippen LogP contribution in [0.2, 0.25) is 10.0 Å². The van der Waals surface area contributed by atoms with Crippen LogP contribution in [-0.2, 0) is 11.3 Å². The molecule has 8 heteroatoms. The zero-order valence-electron chi connectivity index (χ0n) is 11.8. The Morgan fingerprint density at radius 1 is 1.17 bits per heavy atom. The number of halogens is 2. The van der Waals surface area contributed by atoms with Crippen LogP contribution in [0.1, 0.15) is 5.56 Å². The first-order valence-electron chi connectivity index (χ1n) is 6.68. The Morgan fingerprint density at radius 2 is 1.87 bits per heavy atom. The van der Waals surface area contributed by atoms with E-state index in [2.05, 4.69) is 20.7 Å². The first kappa shape index (κ1) is 15.5. The van der Waals surface area contributed by atoms with E-state index in [-0.39, 0.29) is 12.5 Å². The molecule has 0 aliphatic heterocycles. The number of hydrogen-bond acceptors (Lipinski definition) is 4. The van der Waals surface area contributed by atoms with Crippen molar-refractivity contribution in [1.29, 1.82) is 0 Å². The smallest absolute Gasteiger partial charge is 0.263 e. The van der Waals surface area contributed by atoms with Crippen molar-refractivity contribution in [2.45, 2.75) is 6.54 Å². The lowest BCUT2D eigenvalue weighted by Crippen LogP contribution is -2.24. The number of nitrogens with one attached hydrogen (secondary N) is 1. The number of amides is 1. The van der Waals surface area contributed by atoms with Gasteiger partial charge in [0.15, 0.2) is 0 Å². The molecule has 0 atom stereocenters. The summed E-state index contributed by atoms with van der Waals surface area (Å²) in [6.07, 6.45) is 1.45. The number of carbonyl (C=O) groups is 1. The van der Waals surface area contributed by atoms with E-state index < -0.39 is 0 Å². The molecular weight excluding hydrogens is 337 g/mol. The zero-order chi connectivity index (χ0) is 16.2. The SMILES string of the molecule is O=C(Cn1nc2ccccc2n1)N/N=C\c1ccc(Cl)cc1Cl. The van der Waals surface area contributed by atoms with E-state index in [1.54, 1.807) is 18.2 Å². The van der Waals surface area contributed by atoms with Crippen LogP contribution < -0.4 is 5.43 Å². The van der Waals surface area contributed by atoms with Gasteiger partial charge in [-0.25, -0.2) is 5.43 Å². The molecule has 0 aliphatic rings. The highest BCUT2D eigenvalue weighted by molar-refractivity contribution is 6.36. The highest BCUT2D eigenvalue weighted by atomic mass is 35.5. The number of hydrazone groups is 1. The van der Waals surface area contributed by atoms with E-state index in [0.29, 0.717) is 15.6 Å². The number of benzene rings is 2. The molecule has 23 heavy (non-hydrogen) atoms. The number of fused-ring (bicyclic) bond motifs is 1. The second-order valence-electron chi connectivity index (χ2n) is 4.68. The van der Waals surface area contributed by atoms with Crippen molar-refractivity contribution >= 4 is 46.4 Å². The van der Waals surface area contributed by atoms with Crippen molar-refractivity contribution in [3.8, 4) is 0 Å². The third-order valence-corrected chi connectivity index (χ3v) is 3.53. The standard InChI is InChI=1S/C15H11Cl2N5O/c16-11-6-5-10(12(17)7-11)8-18-19-15(23)9-22-20-13-3-1-2-4-14(13)21-22/h1-8H,9H2,(H,19,23)/b18-8-. The summed E-state index contributed by atoms with van der Waals surface area (Å²) < 4.78 is 0. The van der Waals surface area contributed by atoms with E-state index in [0.717, 1.165) is 11.0 Å². The zero-order valence-corrected chi connectivity index (χ0v) is 13.3. The fourth-order valence-electron chi connectivity index (χ4n) is 1.92. The maximum Gasteiger partial charge on any atom is 0.263 e. The quantitative estimate of drug-likeness (QED) is 0.582. The van der Waals surface area contributed by atoms with E-state index in [1.807, 2.05) is 24.3 Å². The predicted molar refractivity (Wildman–Crippen MR) is 89.7 cm³/mol. The van der Waals surface area contributed by atoms with Crippen LogP contribution in [0.25, 0.3) is 11.0 Å². The van der Waals surface area contributed by atoms with E-state index in [1.165, 1.54) is 11.0 Å². The van der Waals surface area contributed by atoms with E-state index in [4.69, 9.17) is 23.2 Å². The molecule has 3 aromatic rings. The van der Waals surface area contributed by atoms with Crippen LogP contribution in [0.4, 0.5) is 0 Å². The lowest BCUT2D eigenvalue weighted by Gasteiger charge is -2.00. The Morgan fingerprint density at radius 3 is 2.52 bits per heavy atom. The van der Waals surface area contributed by atoms with Crippen molar-refractivity contribution in [3.63, 3.8) is 0 Å². The maximum atomic E-state index is 11.8. The Labute approximate surface area is 141 Å². The van der Waals surface area contributed by atoms with Crippen LogP contribution in [-0.4, -0.2) is 27.1 Å². The molecule has 1 amide bonds. The van der Waals surface area contributed by atoms with Crippen molar-refractivity contribution in [3.05, 3.63) is 58.1 Å². The number of nitrogens with zero attached hydrogens (tertiary/aromatic N) is 4. The average molecular weight is 348 g/mol. The monoisotopic (exact) mass is 347 g/mol. The van der Waals surface area contributed by atoms with Crippen molar-refractivity contribution in [2.24, 2.45) is 5.10 Å². The van der Waals surface area contributed by atoms with E-state index in [9.17, 15) is 4.79 Å². The summed E-state index contributed by atoms with van der Waals surface area (Å²) in [5.41, 5.74) is 4.52. The van der Waals surface area contributed by atoms with Gasteiger partial charge in [0.1, 0.15) is 17.6 Å². The Kier molecular flexibility index (Phi) is 4.55. The Hall–Kier alpha value is -2.44. The normalized spacial score (nSPS) is 11.2. The number of aromatic nitrogens is 3. The van der Waals surface area contributed by atoms with Crippen molar-refractivity contribution in [1.82, 2.24) is 20.4 Å². The van der Waals surface area contributed by atoms with E-state index >= 15 is 0 Å². The van der Waals surface area contributed by atoms with Crippen molar-refractivity contribution < 1.29 is 4.79 Å². The third-order valence-electron chi connectivity index (χ3n) is 2.97. The van der Waals surface area contributed by atoms with Gasteiger partial charge in [-0.1, -0.05) is 41.4 Å². The predicted octanol–water partition coefficient (Wildman–Crippen LogP) is 2.89. The molecule has 0 fully saturated rings. The second-order valence-corrected chi connectivity index (χ2v) is 5.52. The fourth-order valence-corrected chi connectivity index (χ4v) is 2.38. The summed E-state index contributed by atoms with van der Waals surface area (Å²) >= 11 is 11.8. The van der Waals surface area contributed by atoms with Gasteiger partial charge in [0, 0.05) is 10.6 Å². The topological polar surface area (TPSA) is 72.2 Å². The largest absolute Gasteiger partial charge is 0.271 e. The minimum absolute atomic E-state index is 0.0274. The second kappa shape index (κ2) is 6.76. The van der Waals surface area contributed by atoms with Gasteiger partial charge in [-0.05, 0) is 24.3 Å². The van der Waals surface area contributed by atoms with Crippen LogP contribution in [0, 0.1) is 0 Å². The molecule has 0 saturated carbocycles. The molecular formula is C15H11Cl2N5O. The van der Waals surface area contributed by atoms with Gasteiger partial charge < -0.3 is 0 Å². The van der Waals surface area contributed by atoms with Gasteiger partial charge in [-0.2, -0.15) is 20.1 Å². The molecule has 0 unspecified atom stereocenters.